The second-order valence-corrected chi connectivity index (χ2v) is 18.4. The Labute approximate surface area is 416 Å². The molecular weight excluding hydrogens is 974 g/mol. The average molecular weight is 1040 g/mol. The number of H-pyrrole nitrogens is 1. The van der Waals surface area contributed by atoms with Crippen LogP contribution in [0.5, 0.6) is 0 Å². The third kappa shape index (κ3) is 22.2. The molecule has 8 atom stereocenters. The Bertz CT molecular complexity index is 2090. The summed E-state index contributed by atoms with van der Waals surface area (Å²) < 4.78 is 26.9. The molecule has 1 fully saturated rings. The van der Waals surface area contributed by atoms with Gasteiger partial charge in [0.1, 0.15) is 36.3 Å². The summed E-state index contributed by atoms with van der Waals surface area (Å²) in [5.74, 6) is -5.74. The summed E-state index contributed by atoms with van der Waals surface area (Å²) in [5.41, 5.74) is 12.4. The normalized spacial score (nSPS) is 17.4. The van der Waals surface area contributed by atoms with Crippen LogP contribution in [0.3, 0.4) is 0 Å². The lowest BCUT2D eigenvalue weighted by Crippen LogP contribution is -2.61. The molecule has 0 bridgehead atoms. The third-order valence-electron chi connectivity index (χ3n) is 10.6. The number of aryl methyl sites for hydroxylation is 1. The van der Waals surface area contributed by atoms with Crippen LogP contribution in [0.25, 0.3) is 0 Å². The number of hydrogen-bond acceptors (Lipinski definition) is 17. The van der Waals surface area contributed by atoms with Crippen molar-refractivity contribution in [3.63, 3.8) is 0 Å². The molecule has 13 N–H and O–H groups in total. The molecule has 71 heavy (non-hydrogen) atoms. The zero-order chi connectivity index (χ0) is 52.5. The number of aromatic amines is 1. The summed E-state index contributed by atoms with van der Waals surface area (Å²) >= 11 is 3.99. The minimum Gasteiger partial charge on any atom is -0.394 e. The maximum atomic E-state index is 14.2. The number of imidazole rings is 1. The first-order valence-corrected chi connectivity index (χ1v) is 25.0. The van der Waals surface area contributed by atoms with E-state index in [1.54, 1.807) is 20.1 Å². The molecule has 1 aromatic heterocycles. The van der Waals surface area contributed by atoms with E-state index in [0.717, 1.165) is 12.5 Å². The molecule has 26 nitrogen and oxygen atoms in total. The Kier molecular flexibility index (Phi) is 26.2. The zero-order valence-electron chi connectivity index (χ0n) is 39.8. The second kappa shape index (κ2) is 31.1. The second-order valence-electron chi connectivity index (χ2n) is 16.9. The minimum absolute atomic E-state index is 0.0124. The van der Waals surface area contributed by atoms with Gasteiger partial charge in [-0.25, -0.2) is 9.55 Å². The van der Waals surface area contributed by atoms with Crippen molar-refractivity contribution in [2.45, 2.75) is 108 Å². The number of aromatic nitrogens is 2. The van der Waals surface area contributed by atoms with E-state index in [0.29, 0.717) is 18.5 Å². The molecule has 0 spiro atoms. The van der Waals surface area contributed by atoms with Crippen LogP contribution in [-0.2, 0) is 69.8 Å². The van der Waals surface area contributed by atoms with E-state index in [1.165, 1.54) is 17.4 Å². The number of amides is 7. The molecule has 7 amide bonds. The van der Waals surface area contributed by atoms with Crippen LogP contribution in [0.2, 0.25) is 0 Å². The number of hydrogen-bond donors (Lipinski definition) is 12. The minimum atomic E-state index is -5.14. The SMILES string of the molecule is CC(C)C[C@H](NC(=O)[C@@H]1C[C@@H](O/N=C\CCc2ccccc2)CN1C(=O)CCOCCOCCNC(=O)[C@@H](N)CS)C(=O)N[C@@H](Cc1cnc[nH]1)C(=O)N[C@@H](CO)C(=O)N[C@H](C(N)=O)C(C)OP(=O)(O)O. The van der Waals surface area contributed by atoms with Crippen LogP contribution in [-0.4, -0.2) is 178 Å². The number of ether oxygens (including phenoxy) is 2. The molecule has 1 aliphatic rings. The molecule has 396 valence electrons. The average Bonchev–Trinajstić information content (AvgIpc) is 4.01. The predicted molar refractivity (Wildman–Crippen MR) is 258 cm³/mol. The van der Waals surface area contributed by atoms with Gasteiger partial charge in [0.2, 0.25) is 41.4 Å². The summed E-state index contributed by atoms with van der Waals surface area (Å²) in [6.45, 7) is 4.32. The van der Waals surface area contributed by atoms with Crippen LogP contribution in [0.4, 0.5) is 0 Å². The number of carbonyl (C=O) groups is 7. The monoisotopic (exact) mass is 1040 g/mol. The molecule has 0 aliphatic carbocycles. The highest BCUT2D eigenvalue weighted by molar-refractivity contribution is 7.80. The van der Waals surface area contributed by atoms with Crippen molar-refractivity contribution in [3.8, 4) is 0 Å². The quantitative estimate of drug-likeness (QED) is 0.0114. The van der Waals surface area contributed by atoms with E-state index < -0.39 is 98.3 Å². The lowest BCUT2D eigenvalue weighted by Gasteiger charge is -2.28. The summed E-state index contributed by atoms with van der Waals surface area (Å²) in [4.78, 5) is 125. The Morgan fingerprint density at radius 2 is 1.61 bits per heavy atom. The van der Waals surface area contributed by atoms with Gasteiger partial charge in [-0.05, 0) is 37.7 Å². The number of oxime groups is 1. The summed E-state index contributed by atoms with van der Waals surface area (Å²) in [5, 5.41) is 26.6. The van der Waals surface area contributed by atoms with Gasteiger partial charge >= 0.3 is 7.82 Å². The number of aliphatic hydroxyl groups is 1. The molecule has 1 saturated heterocycles. The van der Waals surface area contributed by atoms with Crippen molar-refractivity contribution in [2.24, 2.45) is 22.5 Å². The van der Waals surface area contributed by atoms with Crippen LogP contribution < -0.4 is 38.1 Å². The Morgan fingerprint density at radius 1 is 0.944 bits per heavy atom. The summed E-state index contributed by atoms with van der Waals surface area (Å²) in [7, 11) is -5.14. The number of nitrogens with one attached hydrogen (secondary N) is 6. The molecule has 1 aliphatic heterocycles. The largest absolute Gasteiger partial charge is 0.469 e. The van der Waals surface area contributed by atoms with Crippen molar-refractivity contribution in [3.05, 3.63) is 54.1 Å². The summed E-state index contributed by atoms with van der Waals surface area (Å²) in [6, 6.07) is 1.57. The number of carbonyl (C=O) groups excluding carboxylic acids is 7. The maximum absolute atomic E-state index is 14.2. The van der Waals surface area contributed by atoms with Gasteiger partial charge in [-0.1, -0.05) is 49.3 Å². The fourth-order valence-electron chi connectivity index (χ4n) is 7.03. The van der Waals surface area contributed by atoms with E-state index in [9.17, 15) is 53.0 Å². The van der Waals surface area contributed by atoms with Gasteiger partial charge in [-0.15, -0.1) is 0 Å². The number of benzene rings is 1. The number of primary amides is 1. The number of nitrogens with two attached hydrogens (primary N) is 2. The lowest BCUT2D eigenvalue weighted by molar-refractivity contribution is -0.140. The predicted octanol–water partition coefficient (Wildman–Crippen LogP) is -2.69. The van der Waals surface area contributed by atoms with Crippen LogP contribution in [0, 0.1) is 5.92 Å². The molecule has 1 aromatic carbocycles. The van der Waals surface area contributed by atoms with Crippen molar-refractivity contribution < 1.29 is 71.9 Å². The number of phosphoric ester groups is 1. The molecule has 0 radical (unpaired) electrons. The van der Waals surface area contributed by atoms with E-state index in [1.807, 2.05) is 30.3 Å². The van der Waals surface area contributed by atoms with Crippen molar-refractivity contribution in [2.75, 3.05) is 51.9 Å². The van der Waals surface area contributed by atoms with E-state index in [4.69, 9.17) is 25.8 Å². The van der Waals surface area contributed by atoms with Gasteiger partial charge < -0.3 is 77.1 Å². The fourth-order valence-corrected chi connectivity index (χ4v) is 7.75. The number of phosphoric acid groups is 1. The van der Waals surface area contributed by atoms with E-state index >= 15 is 0 Å². The highest BCUT2D eigenvalue weighted by Gasteiger charge is 2.42. The van der Waals surface area contributed by atoms with Crippen molar-refractivity contribution in [1.29, 1.82) is 0 Å². The molecular formula is C43H68N11O15PS. The number of rotatable bonds is 33. The smallest absolute Gasteiger partial charge is 0.394 e. The molecule has 28 heteroatoms. The summed E-state index contributed by atoms with van der Waals surface area (Å²) in [6.07, 6.45) is 2.96. The van der Waals surface area contributed by atoms with Gasteiger partial charge in [0.15, 0.2) is 0 Å². The van der Waals surface area contributed by atoms with Crippen LogP contribution in [0.15, 0.2) is 48.0 Å². The van der Waals surface area contributed by atoms with Gasteiger partial charge in [0.05, 0.1) is 64.5 Å². The van der Waals surface area contributed by atoms with Gasteiger partial charge in [-0.2, -0.15) is 12.6 Å². The van der Waals surface area contributed by atoms with Crippen LogP contribution in [0.1, 0.15) is 57.7 Å². The van der Waals surface area contributed by atoms with Gasteiger partial charge in [0.25, 0.3) is 0 Å². The van der Waals surface area contributed by atoms with Crippen molar-refractivity contribution >= 4 is 68.0 Å². The highest BCUT2D eigenvalue weighted by Crippen LogP contribution is 2.38. The van der Waals surface area contributed by atoms with Gasteiger partial charge in [0, 0.05) is 43.2 Å². The number of likely N-dealkylation sites (tertiary alicyclic amines) is 1. The molecule has 3 rings (SSSR count). The molecule has 1 unspecified atom stereocenters. The number of aliphatic hydroxyl groups excluding tert-OH is 1. The van der Waals surface area contributed by atoms with Crippen LogP contribution >= 0.6 is 20.5 Å². The lowest BCUT2D eigenvalue weighted by atomic mass is 10.0. The van der Waals surface area contributed by atoms with E-state index in [2.05, 4.69) is 58.9 Å². The maximum Gasteiger partial charge on any atom is 0.469 e. The highest BCUT2D eigenvalue weighted by atomic mass is 32.1. The molecule has 2 aromatic rings. The zero-order valence-corrected chi connectivity index (χ0v) is 41.6. The molecule has 2 heterocycles. The fraction of sp³-hybridized carbons (Fsp3) is 0.605. The first kappa shape index (κ1) is 59.8. The first-order chi connectivity index (χ1) is 33.7. The first-order valence-electron chi connectivity index (χ1n) is 22.9. The molecule has 0 saturated carbocycles. The van der Waals surface area contributed by atoms with Crippen molar-refractivity contribution in [1.82, 2.24) is 41.5 Å². The Morgan fingerprint density at radius 3 is 2.23 bits per heavy atom. The topological polar surface area (TPSA) is 391 Å². The van der Waals surface area contributed by atoms with Gasteiger partial charge in [-0.3, -0.25) is 38.1 Å². The standard InChI is InChI=1S/C43H68N11O15PS/c1-26(2)18-32(40(59)50-33(19-29-21-46-25-48-29)41(60)52-34(23-55)42(61)53-37(38(45)57)27(3)69-70(63,64)65)51-43(62)35-20-30(68-49-12-7-10-28-8-5-4-6-9-28)22-54(35)36(56)11-14-66-16-17-67-15-13-47-39(58)31(44)24-71/h4-6,8-9,12,21,25-27,30-35,37,55,71H,7,10-11,13-20,22-24,44H2,1-3H3,(H2,45,57)(H,46,48)(H,47,58)(H,50,59)(H,51,62)(H,52,60)(H,53,61)(H2,63,64,65)/b49-12-/t27?,30-,31+,32+,33+,34+,35+,37+/m1/s1. The Balaban J connectivity index is 1.73. The number of nitrogens with zero attached hydrogens (tertiary/aromatic N) is 3. The third-order valence-corrected chi connectivity index (χ3v) is 11.6. The Hall–Kier alpha value is -5.51. The number of thiol groups is 1. The van der Waals surface area contributed by atoms with E-state index in [-0.39, 0.29) is 82.8 Å².